The van der Waals surface area contributed by atoms with E-state index in [0.29, 0.717) is 13.0 Å². The van der Waals surface area contributed by atoms with Crippen LogP contribution in [0.3, 0.4) is 0 Å². The molecule has 38 heavy (non-hydrogen) atoms. The second-order valence-electron chi connectivity index (χ2n) is 9.00. The number of aromatic nitrogens is 2. The molecule has 1 fully saturated rings. The van der Waals surface area contributed by atoms with Crippen LogP contribution in [0.15, 0.2) is 55.0 Å². The summed E-state index contributed by atoms with van der Waals surface area (Å²) in [5.74, 6) is -4.22. The molecular weight excluding hydrogens is 510 g/mol. The first-order chi connectivity index (χ1) is 17.8. The van der Waals surface area contributed by atoms with Crippen LogP contribution in [-0.4, -0.2) is 82.5 Å². The number of nitrogens with zero attached hydrogens (tertiary/aromatic N) is 4. The number of fused-ring (bicyclic) bond motifs is 1. The van der Waals surface area contributed by atoms with Crippen molar-refractivity contribution < 1.29 is 42.8 Å². The minimum Gasteiger partial charge on any atom is -0.542 e. The summed E-state index contributed by atoms with van der Waals surface area (Å²) in [4.78, 5) is 41.9. The molecule has 1 saturated heterocycles. The maximum atomic E-state index is 13.6. The molecule has 0 radical (unpaired) electrons. The zero-order chi connectivity index (χ0) is 28.2. The predicted molar refractivity (Wildman–Crippen MR) is 126 cm³/mol. The summed E-state index contributed by atoms with van der Waals surface area (Å²) in [5.41, 5.74) is 7.61. The minimum absolute atomic E-state index is 0.0728. The summed E-state index contributed by atoms with van der Waals surface area (Å²) in [6, 6.07) is 10.7. The molecule has 0 saturated carbocycles. The SMILES string of the molecule is CN(C)C(=O)[C@@H](c1ccc(-c2ccc3nccn3c2)cc1)[C@H]([NH3+])C(=O)N1CC[C@H](F)C1.O=C([O-])C(F)(F)F. The zero-order valence-electron chi connectivity index (χ0n) is 20.7. The number of alkyl halides is 4. The van der Waals surface area contributed by atoms with Gasteiger partial charge in [0, 0.05) is 39.2 Å². The molecule has 204 valence electrons. The first kappa shape index (κ1) is 28.6. The molecule has 0 unspecified atom stereocenters. The van der Waals surface area contributed by atoms with E-state index >= 15 is 0 Å². The second-order valence-corrected chi connectivity index (χ2v) is 9.00. The van der Waals surface area contributed by atoms with Gasteiger partial charge in [0.15, 0.2) is 6.04 Å². The van der Waals surface area contributed by atoms with Crippen LogP contribution in [0.4, 0.5) is 17.6 Å². The van der Waals surface area contributed by atoms with E-state index in [-0.39, 0.29) is 18.4 Å². The molecule has 1 aromatic carbocycles. The van der Waals surface area contributed by atoms with E-state index in [9.17, 15) is 27.2 Å². The molecule has 2 amide bonds. The number of halogens is 4. The van der Waals surface area contributed by atoms with Gasteiger partial charge in [0.05, 0.1) is 6.54 Å². The van der Waals surface area contributed by atoms with Crippen molar-refractivity contribution in [1.82, 2.24) is 19.2 Å². The van der Waals surface area contributed by atoms with E-state index in [2.05, 4.69) is 10.7 Å². The van der Waals surface area contributed by atoms with Gasteiger partial charge >= 0.3 is 6.18 Å². The quantitative estimate of drug-likeness (QED) is 0.479. The van der Waals surface area contributed by atoms with Crippen molar-refractivity contribution in [1.29, 1.82) is 0 Å². The summed E-state index contributed by atoms with van der Waals surface area (Å²) in [6.07, 6.45) is -0.240. The number of carboxylic acid groups (broad SMARTS) is 1. The fourth-order valence-electron chi connectivity index (χ4n) is 4.09. The Morgan fingerprint density at radius 3 is 2.24 bits per heavy atom. The Balaban J connectivity index is 0.000000505. The number of benzene rings is 1. The number of imidazole rings is 1. The Labute approximate surface area is 215 Å². The minimum atomic E-state index is -5.19. The molecule has 2 aromatic heterocycles. The lowest BCUT2D eigenvalue weighted by Gasteiger charge is -2.26. The highest BCUT2D eigenvalue weighted by atomic mass is 19.4. The number of amides is 2. The van der Waals surface area contributed by atoms with Crippen molar-refractivity contribution in [3.05, 3.63) is 60.6 Å². The smallest absolute Gasteiger partial charge is 0.430 e. The van der Waals surface area contributed by atoms with Crippen molar-refractivity contribution >= 4 is 23.4 Å². The lowest BCUT2D eigenvalue weighted by atomic mass is 9.88. The fourth-order valence-corrected chi connectivity index (χ4v) is 4.09. The Morgan fingerprint density at radius 1 is 1.11 bits per heavy atom. The molecule has 4 rings (SSSR count). The largest absolute Gasteiger partial charge is 0.542 e. The van der Waals surface area contributed by atoms with Gasteiger partial charge in [0.25, 0.3) is 5.91 Å². The third-order valence-corrected chi connectivity index (χ3v) is 6.09. The van der Waals surface area contributed by atoms with E-state index in [1.54, 1.807) is 20.3 Å². The number of rotatable bonds is 5. The normalized spacial score (nSPS) is 16.9. The van der Waals surface area contributed by atoms with Crippen LogP contribution < -0.4 is 10.8 Å². The number of aliphatic carboxylic acids is 1. The van der Waals surface area contributed by atoms with Crippen LogP contribution in [-0.2, 0) is 14.4 Å². The molecular formula is C25H27F4N5O4. The summed E-state index contributed by atoms with van der Waals surface area (Å²) in [6.45, 7) is 0.438. The summed E-state index contributed by atoms with van der Waals surface area (Å²) in [5, 5.41) is 8.78. The topological polar surface area (TPSA) is 126 Å². The molecule has 1 aliphatic rings. The first-order valence-electron chi connectivity index (χ1n) is 11.6. The molecule has 1 aliphatic heterocycles. The average molecular weight is 538 g/mol. The number of carbonyl (C=O) groups is 3. The number of carbonyl (C=O) groups excluding carboxylic acids is 3. The maximum absolute atomic E-state index is 13.6. The molecule has 0 bridgehead atoms. The fraction of sp³-hybridized carbons (Fsp3) is 0.360. The van der Waals surface area contributed by atoms with Crippen molar-refractivity contribution in [2.75, 3.05) is 27.2 Å². The molecule has 9 nitrogen and oxygen atoms in total. The van der Waals surface area contributed by atoms with Crippen LogP contribution in [0.1, 0.15) is 17.9 Å². The van der Waals surface area contributed by atoms with E-state index in [1.165, 1.54) is 9.80 Å². The van der Waals surface area contributed by atoms with Crippen LogP contribution in [0.2, 0.25) is 0 Å². The Bertz CT molecular complexity index is 1290. The van der Waals surface area contributed by atoms with Gasteiger partial charge in [-0.2, -0.15) is 13.2 Å². The number of carboxylic acids is 1. The van der Waals surface area contributed by atoms with Crippen molar-refractivity contribution in [3.8, 4) is 11.1 Å². The Hall–Kier alpha value is -4.00. The lowest BCUT2D eigenvalue weighted by molar-refractivity contribution is -0.409. The number of quaternary nitrogens is 1. The van der Waals surface area contributed by atoms with Gasteiger partial charge in [0.2, 0.25) is 5.91 Å². The van der Waals surface area contributed by atoms with E-state index in [0.717, 1.165) is 22.3 Å². The third kappa shape index (κ3) is 6.65. The highest BCUT2D eigenvalue weighted by Crippen LogP contribution is 2.27. The number of hydrogen-bond donors (Lipinski definition) is 1. The van der Waals surface area contributed by atoms with Crippen molar-refractivity contribution in [2.45, 2.75) is 30.7 Å². The molecule has 0 aliphatic carbocycles. The van der Waals surface area contributed by atoms with Crippen LogP contribution >= 0.6 is 0 Å². The highest BCUT2D eigenvalue weighted by molar-refractivity contribution is 5.92. The monoisotopic (exact) mass is 537 g/mol. The summed E-state index contributed by atoms with van der Waals surface area (Å²) >= 11 is 0. The van der Waals surface area contributed by atoms with Gasteiger partial charge in [-0.15, -0.1) is 0 Å². The molecule has 3 aromatic rings. The summed E-state index contributed by atoms with van der Waals surface area (Å²) in [7, 11) is 3.32. The maximum Gasteiger partial charge on any atom is 0.430 e. The highest BCUT2D eigenvalue weighted by Gasteiger charge is 2.40. The van der Waals surface area contributed by atoms with Gasteiger partial charge in [-0.05, 0) is 35.2 Å². The Kier molecular flexibility index (Phi) is 8.71. The molecule has 3 N–H and O–H groups in total. The predicted octanol–water partition coefficient (Wildman–Crippen LogP) is 0.653. The van der Waals surface area contributed by atoms with E-state index in [4.69, 9.17) is 9.90 Å². The molecule has 0 spiro atoms. The second kappa shape index (κ2) is 11.6. The van der Waals surface area contributed by atoms with Crippen molar-refractivity contribution in [2.24, 2.45) is 0 Å². The lowest BCUT2D eigenvalue weighted by Crippen LogP contribution is -2.71. The van der Waals surface area contributed by atoms with Gasteiger partial charge < -0.3 is 29.8 Å². The van der Waals surface area contributed by atoms with E-state index < -0.39 is 30.3 Å². The molecule has 3 heterocycles. The van der Waals surface area contributed by atoms with Gasteiger partial charge in [0.1, 0.15) is 23.7 Å². The number of hydrogen-bond acceptors (Lipinski definition) is 5. The van der Waals surface area contributed by atoms with Gasteiger partial charge in [-0.1, -0.05) is 24.3 Å². The van der Waals surface area contributed by atoms with Crippen molar-refractivity contribution in [3.63, 3.8) is 0 Å². The zero-order valence-corrected chi connectivity index (χ0v) is 20.7. The van der Waals surface area contributed by atoms with Gasteiger partial charge in [-0.25, -0.2) is 9.37 Å². The van der Waals surface area contributed by atoms with Crippen LogP contribution in [0.25, 0.3) is 16.8 Å². The average Bonchev–Trinajstić information content (AvgIpc) is 3.52. The standard InChI is InChI=1S/C23H26FN5O2.C2HF3O2/c1-27(2)22(30)20(21(25)23(31)29-11-9-18(24)14-29)16-5-3-15(4-6-16)17-7-8-19-26-10-12-28(19)13-17;3-2(4,5)1(6)7/h3-8,10,12-13,18,20-21H,9,11,14,25H2,1-2H3;(H,6,7)/t18-,20-,21-;/m0./s1. The number of likely N-dealkylation sites (tertiary alicyclic amines) is 1. The number of pyridine rings is 1. The van der Waals surface area contributed by atoms with Crippen LogP contribution in [0.5, 0.6) is 0 Å². The van der Waals surface area contributed by atoms with Crippen LogP contribution in [0, 0.1) is 0 Å². The molecule has 3 atom stereocenters. The Morgan fingerprint density at radius 2 is 1.71 bits per heavy atom. The van der Waals surface area contributed by atoms with E-state index in [1.807, 2.05) is 53.2 Å². The third-order valence-electron chi connectivity index (χ3n) is 6.09. The summed E-state index contributed by atoms with van der Waals surface area (Å²) < 4.78 is 47.1. The number of likely N-dealkylation sites (N-methyl/N-ethyl adjacent to an activating group) is 1. The van der Waals surface area contributed by atoms with Gasteiger partial charge in [-0.3, -0.25) is 9.59 Å². The first-order valence-corrected chi connectivity index (χ1v) is 11.6. The molecule has 13 heteroatoms.